The van der Waals surface area contributed by atoms with Gasteiger partial charge < -0.3 is 10.6 Å². The summed E-state index contributed by atoms with van der Waals surface area (Å²) < 4.78 is 36.4. The lowest BCUT2D eigenvalue weighted by Gasteiger charge is -2.30. The molecule has 2 atom stereocenters. The van der Waals surface area contributed by atoms with Crippen LogP contribution in [0.1, 0.15) is 33.1 Å². The summed E-state index contributed by atoms with van der Waals surface area (Å²) in [6.45, 7) is 4.77. The molecule has 0 aromatic carbocycles. The van der Waals surface area contributed by atoms with Gasteiger partial charge in [0.05, 0.1) is 6.04 Å². The number of nitrogens with zero attached hydrogens (tertiary/aromatic N) is 1. The third-order valence-corrected chi connectivity index (χ3v) is 3.52. The molecule has 0 saturated carbocycles. The van der Waals surface area contributed by atoms with Crippen LogP contribution in [-0.4, -0.2) is 55.2 Å². The molecule has 0 aliphatic carbocycles. The zero-order valence-corrected chi connectivity index (χ0v) is 12.1. The Morgan fingerprint density at radius 3 is 2.70 bits per heavy atom. The van der Waals surface area contributed by atoms with Gasteiger partial charge in [-0.2, -0.15) is 13.2 Å². The highest BCUT2D eigenvalue weighted by atomic mass is 19.4. The number of alkyl halides is 3. The molecular formula is C13H24F3N3O. The molecule has 20 heavy (non-hydrogen) atoms. The van der Waals surface area contributed by atoms with Crippen LogP contribution < -0.4 is 10.6 Å². The SMILES string of the molecule is CCCN(CC1CCCN1)C(C)C(=O)NCC(F)(F)F. The zero-order chi connectivity index (χ0) is 15.2. The van der Waals surface area contributed by atoms with Gasteiger partial charge in [0, 0.05) is 12.6 Å². The number of amides is 1. The minimum Gasteiger partial charge on any atom is -0.346 e. The lowest BCUT2D eigenvalue weighted by atomic mass is 10.1. The molecule has 2 N–H and O–H groups in total. The minimum absolute atomic E-state index is 0.333. The fourth-order valence-electron chi connectivity index (χ4n) is 2.43. The van der Waals surface area contributed by atoms with Crippen LogP contribution in [0.5, 0.6) is 0 Å². The summed E-state index contributed by atoms with van der Waals surface area (Å²) in [6.07, 6.45) is -1.34. The van der Waals surface area contributed by atoms with Crippen molar-refractivity contribution in [1.82, 2.24) is 15.5 Å². The minimum atomic E-state index is -4.36. The van der Waals surface area contributed by atoms with Crippen molar-refractivity contribution in [2.45, 2.75) is 51.4 Å². The highest BCUT2D eigenvalue weighted by molar-refractivity contribution is 5.81. The second kappa shape index (κ2) is 7.83. The van der Waals surface area contributed by atoms with Crippen LogP contribution >= 0.6 is 0 Å². The molecule has 4 nitrogen and oxygen atoms in total. The third kappa shape index (κ3) is 6.09. The van der Waals surface area contributed by atoms with Gasteiger partial charge in [-0.3, -0.25) is 9.69 Å². The van der Waals surface area contributed by atoms with E-state index < -0.39 is 24.7 Å². The molecule has 0 aromatic rings. The molecule has 1 amide bonds. The van der Waals surface area contributed by atoms with E-state index in [0.717, 1.165) is 25.8 Å². The molecule has 0 aromatic heterocycles. The Morgan fingerprint density at radius 2 is 2.20 bits per heavy atom. The van der Waals surface area contributed by atoms with Gasteiger partial charge in [0.1, 0.15) is 6.54 Å². The number of halogens is 3. The summed E-state index contributed by atoms with van der Waals surface area (Å²) in [5.41, 5.74) is 0. The molecule has 1 fully saturated rings. The first-order chi connectivity index (χ1) is 9.33. The molecule has 7 heteroatoms. The van der Waals surface area contributed by atoms with Gasteiger partial charge in [-0.05, 0) is 39.3 Å². The summed E-state index contributed by atoms with van der Waals surface area (Å²) in [6, 6.07) is -0.209. The maximum absolute atomic E-state index is 12.1. The van der Waals surface area contributed by atoms with Crippen LogP contribution in [0.2, 0.25) is 0 Å². The Balaban J connectivity index is 2.48. The highest BCUT2D eigenvalue weighted by Gasteiger charge is 2.30. The van der Waals surface area contributed by atoms with E-state index >= 15 is 0 Å². The van der Waals surface area contributed by atoms with Crippen LogP contribution in [0.3, 0.4) is 0 Å². The third-order valence-electron chi connectivity index (χ3n) is 3.52. The monoisotopic (exact) mass is 295 g/mol. The van der Waals surface area contributed by atoms with E-state index in [1.54, 1.807) is 6.92 Å². The summed E-state index contributed by atoms with van der Waals surface area (Å²) in [7, 11) is 0. The smallest absolute Gasteiger partial charge is 0.346 e. The Hall–Kier alpha value is -0.820. The highest BCUT2D eigenvalue weighted by Crippen LogP contribution is 2.13. The largest absolute Gasteiger partial charge is 0.405 e. The van der Waals surface area contributed by atoms with Crippen molar-refractivity contribution in [3.05, 3.63) is 0 Å². The van der Waals surface area contributed by atoms with E-state index in [9.17, 15) is 18.0 Å². The van der Waals surface area contributed by atoms with Gasteiger partial charge in [0.15, 0.2) is 0 Å². The van der Waals surface area contributed by atoms with Crippen molar-refractivity contribution in [2.24, 2.45) is 0 Å². The maximum atomic E-state index is 12.1. The Bertz CT molecular complexity index is 304. The van der Waals surface area contributed by atoms with E-state index in [0.29, 0.717) is 19.1 Å². The second-order valence-corrected chi connectivity index (χ2v) is 5.30. The fraction of sp³-hybridized carbons (Fsp3) is 0.923. The Kier molecular flexibility index (Phi) is 6.75. The molecule has 1 aliphatic rings. The van der Waals surface area contributed by atoms with Gasteiger partial charge in [0.25, 0.3) is 0 Å². The molecule has 2 unspecified atom stereocenters. The van der Waals surface area contributed by atoms with Crippen molar-refractivity contribution in [2.75, 3.05) is 26.2 Å². The first kappa shape index (κ1) is 17.2. The van der Waals surface area contributed by atoms with E-state index in [1.165, 1.54) is 0 Å². The number of rotatable bonds is 7. The normalized spacial score (nSPS) is 21.2. The van der Waals surface area contributed by atoms with Crippen molar-refractivity contribution in [3.8, 4) is 0 Å². The standard InChI is InChI=1S/C13H24F3N3O/c1-3-7-19(8-11-5-4-6-17-11)10(2)12(20)18-9-13(14,15)16/h10-11,17H,3-9H2,1-2H3,(H,18,20). The van der Waals surface area contributed by atoms with Crippen LogP contribution in [-0.2, 0) is 4.79 Å². The lowest BCUT2D eigenvalue weighted by Crippen LogP contribution is -2.50. The molecule has 1 heterocycles. The maximum Gasteiger partial charge on any atom is 0.405 e. The molecule has 1 saturated heterocycles. The quantitative estimate of drug-likeness (QED) is 0.748. The first-order valence-corrected chi connectivity index (χ1v) is 7.15. The van der Waals surface area contributed by atoms with Crippen LogP contribution in [0.15, 0.2) is 0 Å². The molecule has 0 bridgehead atoms. The average molecular weight is 295 g/mol. The number of carbonyl (C=O) groups is 1. The molecular weight excluding hydrogens is 271 g/mol. The Morgan fingerprint density at radius 1 is 1.50 bits per heavy atom. The fourth-order valence-corrected chi connectivity index (χ4v) is 2.43. The van der Waals surface area contributed by atoms with Crippen LogP contribution in [0.25, 0.3) is 0 Å². The van der Waals surface area contributed by atoms with Gasteiger partial charge in [0.2, 0.25) is 5.91 Å². The summed E-state index contributed by atoms with van der Waals surface area (Å²) in [4.78, 5) is 13.8. The zero-order valence-electron chi connectivity index (χ0n) is 12.1. The van der Waals surface area contributed by atoms with Crippen molar-refractivity contribution in [3.63, 3.8) is 0 Å². The first-order valence-electron chi connectivity index (χ1n) is 7.15. The summed E-state index contributed by atoms with van der Waals surface area (Å²) in [5.74, 6) is -0.561. The molecule has 0 spiro atoms. The summed E-state index contributed by atoms with van der Waals surface area (Å²) in [5, 5.41) is 5.30. The van der Waals surface area contributed by atoms with Crippen molar-refractivity contribution >= 4 is 5.91 Å². The van der Waals surface area contributed by atoms with Gasteiger partial charge in [-0.1, -0.05) is 6.92 Å². The van der Waals surface area contributed by atoms with Crippen molar-refractivity contribution < 1.29 is 18.0 Å². The number of hydrogen-bond acceptors (Lipinski definition) is 3. The second-order valence-electron chi connectivity index (χ2n) is 5.30. The van der Waals surface area contributed by atoms with Crippen LogP contribution in [0.4, 0.5) is 13.2 Å². The van der Waals surface area contributed by atoms with E-state index in [-0.39, 0.29) is 0 Å². The topological polar surface area (TPSA) is 44.4 Å². The number of carbonyl (C=O) groups excluding carboxylic acids is 1. The summed E-state index contributed by atoms with van der Waals surface area (Å²) >= 11 is 0. The van der Waals surface area contributed by atoms with Gasteiger partial charge in [-0.15, -0.1) is 0 Å². The molecule has 118 valence electrons. The predicted octanol–water partition coefficient (Wildman–Crippen LogP) is 1.52. The predicted molar refractivity (Wildman–Crippen MR) is 71.4 cm³/mol. The van der Waals surface area contributed by atoms with E-state index in [2.05, 4.69) is 5.32 Å². The van der Waals surface area contributed by atoms with Gasteiger partial charge >= 0.3 is 6.18 Å². The lowest BCUT2D eigenvalue weighted by molar-refractivity contribution is -0.141. The van der Waals surface area contributed by atoms with Gasteiger partial charge in [-0.25, -0.2) is 0 Å². The number of nitrogens with one attached hydrogen (secondary N) is 2. The van der Waals surface area contributed by atoms with Crippen molar-refractivity contribution in [1.29, 1.82) is 0 Å². The van der Waals surface area contributed by atoms with E-state index in [1.807, 2.05) is 17.1 Å². The van der Waals surface area contributed by atoms with Crippen LogP contribution in [0, 0.1) is 0 Å². The average Bonchev–Trinajstić information content (AvgIpc) is 2.86. The molecule has 1 aliphatic heterocycles. The Labute approximate surface area is 118 Å². The van der Waals surface area contributed by atoms with E-state index in [4.69, 9.17) is 0 Å². The number of hydrogen-bond donors (Lipinski definition) is 2. The molecule has 0 radical (unpaired) electrons. The molecule has 1 rings (SSSR count).